The highest BCUT2D eigenvalue weighted by Gasteiger charge is 2.38. The van der Waals surface area contributed by atoms with Gasteiger partial charge in [0.05, 0.1) is 23.4 Å². The van der Waals surface area contributed by atoms with Gasteiger partial charge in [-0.1, -0.05) is 0 Å². The van der Waals surface area contributed by atoms with E-state index in [9.17, 15) is 14.4 Å². The lowest BCUT2D eigenvalue weighted by Gasteiger charge is -2.52. The van der Waals surface area contributed by atoms with E-state index in [4.69, 9.17) is 9.47 Å². The molecular weight excluding hydrogens is 738 g/mol. The summed E-state index contributed by atoms with van der Waals surface area (Å²) in [5.74, 6) is 1.69. The van der Waals surface area contributed by atoms with Crippen molar-refractivity contribution in [2.24, 2.45) is 13.0 Å². The van der Waals surface area contributed by atoms with E-state index in [0.717, 1.165) is 102 Å². The summed E-state index contributed by atoms with van der Waals surface area (Å²) in [6.07, 6.45) is 6.58. The number of amides is 3. The molecule has 0 atom stereocenters. The Hall–Kier alpha value is -4.25. The Kier molecular flexibility index (Phi) is 10.6. The fourth-order valence-electron chi connectivity index (χ4n) is 9.03. The smallest absolute Gasteiger partial charge is 0.329 e. The van der Waals surface area contributed by atoms with Crippen LogP contribution in [0.1, 0.15) is 50.8 Å². The molecule has 0 bridgehead atoms. The normalized spacial score (nSPS) is 21.6. The number of rotatable bonds is 10. The van der Waals surface area contributed by atoms with Gasteiger partial charge in [-0.05, 0) is 75.7 Å². The molecule has 7 heterocycles. The van der Waals surface area contributed by atoms with Crippen LogP contribution in [-0.2, 0) is 22.3 Å². The second kappa shape index (κ2) is 15.9. The van der Waals surface area contributed by atoms with Gasteiger partial charge in [-0.3, -0.25) is 34.3 Å². The van der Waals surface area contributed by atoms with Crippen LogP contribution >= 0.6 is 11.8 Å². The fourth-order valence-corrected chi connectivity index (χ4v) is 10.1. The van der Waals surface area contributed by atoms with E-state index in [1.165, 1.54) is 11.8 Å². The molecule has 16 heteroatoms. The number of hydrogen-bond donors (Lipinski definition) is 2. The van der Waals surface area contributed by atoms with Crippen LogP contribution in [-0.4, -0.2) is 124 Å². The number of imide groups is 1. The molecule has 0 unspecified atom stereocenters. The van der Waals surface area contributed by atoms with Gasteiger partial charge >= 0.3 is 6.03 Å². The van der Waals surface area contributed by atoms with Crippen molar-refractivity contribution in [3.63, 3.8) is 0 Å². The molecule has 5 aliphatic rings. The maximum Gasteiger partial charge on any atom is 0.329 e. The quantitative estimate of drug-likeness (QED) is 0.239. The minimum absolute atomic E-state index is 0.0182. The molecule has 5 fully saturated rings. The van der Waals surface area contributed by atoms with Crippen molar-refractivity contribution in [1.29, 1.82) is 0 Å². The van der Waals surface area contributed by atoms with Crippen LogP contribution in [0.25, 0.3) is 21.8 Å². The lowest BCUT2D eigenvalue weighted by Crippen LogP contribution is -2.64. The highest BCUT2D eigenvalue weighted by atomic mass is 32.2. The number of nitrogens with zero attached hydrogens (tertiary/aromatic N) is 7. The Morgan fingerprint density at radius 1 is 0.929 bits per heavy atom. The number of likely N-dealkylation sites (tertiary alicyclic amines) is 2. The first-order valence-electron chi connectivity index (χ1n) is 20.1. The van der Waals surface area contributed by atoms with Gasteiger partial charge in [-0.15, -0.1) is 0 Å². The number of carbonyl (C=O) groups is 2. The SMILES string of the molecule is Cn1nc(N2CCC(=O)NC2=O)c2ccc(N3CCC(N4CC(N5CCC(COc6cc(F)c7c(=O)[nH]c(CSC8CCOCC8)nc7c6)CC5)C4)CC3)cc21. The monoisotopic (exact) mass is 787 g/mol. The van der Waals surface area contributed by atoms with E-state index in [1.54, 1.807) is 22.7 Å². The lowest BCUT2D eigenvalue weighted by molar-refractivity contribution is -0.120. The van der Waals surface area contributed by atoms with Gasteiger partial charge < -0.3 is 19.4 Å². The molecule has 2 aromatic carbocycles. The van der Waals surface area contributed by atoms with Crippen LogP contribution in [0.15, 0.2) is 35.1 Å². The van der Waals surface area contributed by atoms with Crippen LogP contribution in [0.4, 0.5) is 20.7 Å². The molecule has 0 radical (unpaired) electrons. The van der Waals surface area contributed by atoms with Crippen molar-refractivity contribution in [3.8, 4) is 5.75 Å². The number of halogens is 1. The Bertz CT molecular complexity index is 2150. The van der Waals surface area contributed by atoms with Gasteiger partial charge in [0.15, 0.2) is 5.82 Å². The molecule has 3 amide bonds. The molecule has 0 aliphatic carbocycles. The van der Waals surface area contributed by atoms with E-state index < -0.39 is 17.4 Å². The summed E-state index contributed by atoms with van der Waals surface area (Å²) >= 11 is 1.76. The standard InChI is InChI=1S/C40H50FN9O5S/c1-46-34-18-27(2-3-31(34)38(45-46)50-15-8-36(51)44-40(50)53)47-13-6-26(7-14-47)49-21-28(22-49)48-11-4-25(5-12-48)23-55-29-19-32(41)37-33(20-29)42-35(43-39(37)52)24-56-30-9-16-54-17-10-30/h2-3,18-20,25-26,28,30H,4-17,21-24H2,1H3,(H,42,43,52)(H,44,51,53). The summed E-state index contributed by atoms with van der Waals surface area (Å²) in [5.41, 5.74) is 2.02. The van der Waals surface area contributed by atoms with Crippen LogP contribution in [0.3, 0.4) is 0 Å². The zero-order valence-electron chi connectivity index (χ0n) is 31.9. The van der Waals surface area contributed by atoms with Crippen molar-refractivity contribution < 1.29 is 23.5 Å². The molecule has 5 saturated heterocycles. The number of aryl methyl sites for hydroxylation is 1. The topological polar surface area (TPSA) is 141 Å². The van der Waals surface area contributed by atoms with Gasteiger partial charge in [0.1, 0.15) is 22.8 Å². The second-order valence-electron chi connectivity index (χ2n) is 16.0. The third-order valence-electron chi connectivity index (χ3n) is 12.4. The number of piperidine rings is 2. The summed E-state index contributed by atoms with van der Waals surface area (Å²) < 4.78 is 28.5. The first-order valence-corrected chi connectivity index (χ1v) is 21.2. The highest BCUT2D eigenvalue weighted by Crippen LogP contribution is 2.34. The number of aromatic nitrogens is 4. The van der Waals surface area contributed by atoms with Gasteiger partial charge in [-0.25, -0.2) is 14.2 Å². The molecule has 0 saturated carbocycles. The Balaban J connectivity index is 0.721. The third kappa shape index (κ3) is 7.72. The van der Waals surface area contributed by atoms with Crippen molar-refractivity contribution >= 4 is 57.0 Å². The third-order valence-corrected chi connectivity index (χ3v) is 13.8. The molecule has 9 rings (SSSR count). The molecular formula is C40H50FN9O5S. The predicted octanol–water partition coefficient (Wildman–Crippen LogP) is 4.25. The number of fused-ring (bicyclic) bond motifs is 2. The number of carbonyl (C=O) groups excluding carboxylic acids is 2. The van der Waals surface area contributed by atoms with E-state index in [2.05, 4.69) is 47.2 Å². The molecule has 14 nitrogen and oxygen atoms in total. The molecule has 4 aromatic rings. The van der Waals surface area contributed by atoms with E-state index in [1.807, 2.05) is 17.8 Å². The Morgan fingerprint density at radius 3 is 2.48 bits per heavy atom. The maximum absolute atomic E-state index is 15.1. The number of thioether (sulfide) groups is 1. The number of nitrogens with one attached hydrogen (secondary N) is 2. The molecule has 2 aromatic heterocycles. The van der Waals surface area contributed by atoms with E-state index in [-0.39, 0.29) is 17.7 Å². The maximum atomic E-state index is 15.1. The predicted molar refractivity (Wildman–Crippen MR) is 214 cm³/mol. The first kappa shape index (κ1) is 37.3. The Labute approximate surface area is 329 Å². The van der Waals surface area contributed by atoms with Crippen LogP contribution in [0.2, 0.25) is 0 Å². The average molecular weight is 788 g/mol. The summed E-state index contributed by atoms with van der Waals surface area (Å²) in [4.78, 5) is 53.6. The molecule has 56 heavy (non-hydrogen) atoms. The molecule has 2 N–H and O–H groups in total. The summed E-state index contributed by atoms with van der Waals surface area (Å²) in [6, 6.07) is 10.1. The number of ether oxygens (including phenoxy) is 2. The van der Waals surface area contributed by atoms with Crippen molar-refractivity contribution in [2.45, 2.75) is 68.0 Å². The van der Waals surface area contributed by atoms with Gasteiger partial charge in [-0.2, -0.15) is 16.9 Å². The van der Waals surface area contributed by atoms with Gasteiger partial charge in [0.2, 0.25) is 5.91 Å². The van der Waals surface area contributed by atoms with E-state index in [0.29, 0.717) is 65.1 Å². The van der Waals surface area contributed by atoms with Crippen molar-refractivity contribution in [2.75, 3.05) is 75.4 Å². The second-order valence-corrected chi connectivity index (χ2v) is 17.2. The number of H-pyrrole nitrogens is 1. The lowest BCUT2D eigenvalue weighted by atomic mass is 9.92. The largest absolute Gasteiger partial charge is 0.493 e. The summed E-state index contributed by atoms with van der Waals surface area (Å²) in [6.45, 7) is 8.68. The number of benzene rings is 2. The number of hydrogen-bond acceptors (Lipinski definition) is 11. The molecule has 298 valence electrons. The van der Waals surface area contributed by atoms with Crippen LogP contribution in [0.5, 0.6) is 5.75 Å². The highest BCUT2D eigenvalue weighted by molar-refractivity contribution is 7.99. The first-order chi connectivity index (χ1) is 27.3. The average Bonchev–Trinajstić information content (AvgIpc) is 3.51. The fraction of sp³-hybridized carbons (Fsp3) is 0.575. The molecule has 5 aliphatic heterocycles. The van der Waals surface area contributed by atoms with Crippen molar-refractivity contribution in [3.05, 3.63) is 52.3 Å². The Morgan fingerprint density at radius 2 is 1.71 bits per heavy atom. The zero-order valence-corrected chi connectivity index (χ0v) is 32.7. The van der Waals surface area contributed by atoms with Crippen LogP contribution in [0, 0.1) is 11.7 Å². The number of anilines is 2. The summed E-state index contributed by atoms with van der Waals surface area (Å²) in [7, 11) is 1.90. The van der Waals surface area contributed by atoms with E-state index >= 15 is 4.39 Å². The van der Waals surface area contributed by atoms with Crippen molar-refractivity contribution in [1.82, 2.24) is 34.9 Å². The zero-order chi connectivity index (χ0) is 38.3. The minimum Gasteiger partial charge on any atom is -0.493 e. The summed E-state index contributed by atoms with van der Waals surface area (Å²) in [5, 5.41) is 8.40. The number of aromatic amines is 1. The molecule has 0 spiro atoms. The van der Waals surface area contributed by atoms with Gasteiger partial charge in [0, 0.05) is 99.9 Å². The number of urea groups is 1. The minimum atomic E-state index is -0.600. The van der Waals surface area contributed by atoms with Gasteiger partial charge in [0.25, 0.3) is 5.56 Å². The van der Waals surface area contributed by atoms with Crippen LogP contribution < -0.4 is 25.4 Å².